The van der Waals surface area contributed by atoms with Crippen LogP contribution < -0.4 is 10.6 Å². The molecule has 1 heterocycles. The predicted molar refractivity (Wildman–Crippen MR) is 85.5 cm³/mol. The molecule has 0 aliphatic heterocycles. The molecule has 5 heteroatoms. The number of urea groups is 1. The van der Waals surface area contributed by atoms with Crippen molar-refractivity contribution in [1.29, 1.82) is 0 Å². The molecule has 0 radical (unpaired) electrons. The zero-order valence-corrected chi connectivity index (χ0v) is 12.7. The van der Waals surface area contributed by atoms with Gasteiger partial charge in [0.15, 0.2) is 0 Å². The average Bonchev–Trinajstić information content (AvgIpc) is 2.88. The second kappa shape index (κ2) is 6.45. The number of carbonyl (C=O) groups is 1. The summed E-state index contributed by atoms with van der Waals surface area (Å²) < 4.78 is 1.24. The molecule has 2 atom stereocenters. The minimum atomic E-state index is -0.272. The van der Waals surface area contributed by atoms with Crippen LogP contribution in [0.15, 0.2) is 30.3 Å². The molecule has 3 N–H and O–H groups in total. The fourth-order valence-corrected chi connectivity index (χ4v) is 3.83. The summed E-state index contributed by atoms with van der Waals surface area (Å²) in [6.07, 6.45) is 3.17. The summed E-state index contributed by atoms with van der Waals surface area (Å²) >= 11 is 1.70. The highest BCUT2D eigenvalue weighted by Crippen LogP contribution is 2.25. The average molecular weight is 304 g/mol. The van der Waals surface area contributed by atoms with E-state index in [0.29, 0.717) is 13.0 Å². The van der Waals surface area contributed by atoms with Crippen LogP contribution in [0.3, 0.4) is 0 Å². The van der Waals surface area contributed by atoms with Crippen LogP contribution in [0.25, 0.3) is 10.1 Å². The number of thiophene rings is 1. The number of aliphatic hydroxyl groups excluding tert-OH is 1. The van der Waals surface area contributed by atoms with Crippen LogP contribution in [0, 0.1) is 0 Å². The van der Waals surface area contributed by atoms with Crippen molar-refractivity contribution >= 4 is 27.5 Å². The Kier molecular flexibility index (Phi) is 4.41. The molecule has 2 unspecified atom stereocenters. The van der Waals surface area contributed by atoms with E-state index in [4.69, 9.17) is 0 Å². The zero-order chi connectivity index (χ0) is 14.7. The number of rotatable bonds is 3. The number of fused-ring (bicyclic) bond motifs is 1. The molecule has 1 aliphatic carbocycles. The lowest BCUT2D eigenvalue weighted by atomic mass is 9.93. The van der Waals surface area contributed by atoms with Gasteiger partial charge in [0.1, 0.15) is 0 Å². The van der Waals surface area contributed by atoms with Gasteiger partial charge in [-0.05, 0) is 43.2 Å². The molecule has 0 bridgehead atoms. The van der Waals surface area contributed by atoms with Gasteiger partial charge in [-0.1, -0.05) is 18.2 Å². The summed E-state index contributed by atoms with van der Waals surface area (Å²) in [5.41, 5.74) is 0. The number of benzene rings is 1. The van der Waals surface area contributed by atoms with E-state index in [1.165, 1.54) is 10.1 Å². The Morgan fingerprint density at radius 2 is 2.19 bits per heavy atom. The number of hydrogen-bond donors (Lipinski definition) is 3. The molecule has 1 aromatic heterocycles. The number of aliphatic hydroxyl groups is 1. The lowest BCUT2D eigenvalue weighted by Gasteiger charge is -2.26. The Labute approximate surface area is 128 Å². The van der Waals surface area contributed by atoms with Crippen molar-refractivity contribution < 1.29 is 9.90 Å². The van der Waals surface area contributed by atoms with Crippen molar-refractivity contribution in [3.8, 4) is 0 Å². The van der Waals surface area contributed by atoms with Gasteiger partial charge in [-0.2, -0.15) is 0 Å². The first-order valence-corrected chi connectivity index (χ1v) is 8.22. The standard InChI is InChI=1S/C16H20N2O2S/c19-13-6-3-5-12(9-13)18-16(20)17-10-14-8-11-4-1-2-7-15(11)21-14/h1-2,4,7-8,12-13,19H,3,5-6,9-10H2,(H2,17,18,20). The first-order valence-electron chi connectivity index (χ1n) is 7.40. The molecular formula is C16H20N2O2S. The van der Waals surface area contributed by atoms with E-state index >= 15 is 0 Å². The molecule has 21 heavy (non-hydrogen) atoms. The summed E-state index contributed by atoms with van der Waals surface area (Å²) in [4.78, 5) is 13.1. The van der Waals surface area contributed by atoms with Gasteiger partial charge < -0.3 is 15.7 Å². The summed E-state index contributed by atoms with van der Waals surface area (Å²) in [6.45, 7) is 0.542. The van der Waals surface area contributed by atoms with E-state index < -0.39 is 0 Å². The van der Waals surface area contributed by atoms with E-state index in [9.17, 15) is 9.90 Å². The SMILES string of the molecule is O=C(NCc1cc2ccccc2s1)NC1CCCC(O)C1. The summed E-state index contributed by atoms with van der Waals surface area (Å²) in [6, 6.07) is 10.3. The topological polar surface area (TPSA) is 61.4 Å². The highest BCUT2D eigenvalue weighted by atomic mass is 32.1. The smallest absolute Gasteiger partial charge is 0.315 e. The van der Waals surface area contributed by atoms with Gasteiger partial charge in [-0.15, -0.1) is 11.3 Å². The van der Waals surface area contributed by atoms with Crippen LogP contribution in [0.1, 0.15) is 30.6 Å². The van der Waals surface area contributed by atoms with Gasteiger partial charge in [0.2, 0.25) is 0 Å². The molecule has 2 amide bonds. The Morgan fingerprint density at radius 1 is 1.33 bits per heavy atom. The molecule has 4 nitrogen and oxygen atoms in total. The molecule has 2 aromatic rings. The number of amides is 2. The zero-order valence-electron chi connectivity index (χ0n) is 11.8. The van der Waals surface area contributed by atoms with Crippen LogP contribution in [0.4, 0.5) is 4.79 Å². The quantitative estimate of drug-likeness (QED) is 0.816. The normalized spacial score (nSPS) is 22.1. The van der Waals surface area contributed by atoms with Crippen LogP contribution in [-0.2, 0) is 6.54 Å². The maximum atomic E-state index is 11.9. The highest BCUT2D eigenvalue weighted by molar-refractivity contribution is 7.19. The number of carbonyl (C=O) groups excluding carboxylic acids is 1. The van der Waals surface area contributed by atoms with Crippen molar-refractivity contribution in [3.63, 3.8) is 0 Å². The van der Waals surface area contributed by atoms with Crippen LogP contribution in [-0.4, -0.2) is 23.3 Å². The molecule has 1 aromatic carbocycles. The van der Waals surface area contributed by atoms with Gasteiger partial charge in [0.05, 0.1) is 12.6 Å². The Balaban J connectivity index is 1.51. The lowest BCUT2D eigenvalue weighted by molar-refractivity contribution is 0.113. The third-order valence-corrected chi connectivity index (χ3v) is 5.00. The summed E-state index contributed by atoms with van der Waals surface area (Å²) in [5.74, 6) is 0. The first-order chi connectivity index (χ1) is 10.2. The molecule has 0 spiro atoms. The third kappa shape index (κ3) is 3.74. The Hall–Kier alpha value is -1.59. The maximum Gasteiger partial charge on any atom is 0.315 e. The second-order valence-electron chi connectivity index (χ2n) is 5.59. The molecule has 112 valence electrons. The number of hydrogen-bond acceptors (Lipinski definition) is 3. The summed E-state index contributed by atoms with van der Waals surface area (Å²) in [7, 11) is 0. The first kappa shape index (κ1) is 14.4. The minimum Gasteiger partial charge on any atom is -0.393 e. The van der Waals surface area contributed by atoms with Crippen LogP contribution in [0.2, 0.25) is 0 Å². The van der Waals surface area contributed by atoms with Crippen molar-refractivity contribution in [2.45, 2.75) is 44.4 Å². The summed E-state index contributed by atoms with van der Waals surface area (Å²) in [5, 5.41) is 16.7. The Bertz CT molecular complexity index is 593. The second-order valence-corrected chi connectivity index (χ2v) is 6.76. The monoisotopic (exact) mass is 304 g/mol. The van der Waals surface area contributed by atoms with Crippen molar-refractivity contribution in [2.24, 2.45) is 0 Å². The van der Waals surface area contributed by atoms with E-state index in [0.717, 1.165) is 24.1 Å². The lowest BCUT2D eigenvalue weighted by Crippen LogP contribution is -2.44. The minimum absolute atomic E-state index is 0.0937. The van der Waals surface area contributed by atoms with Gasteiger partial charge in [-0.3, -0.25) is 0 Å². The molecule has 3 rings (SSSR count). The van der Waals surface area contributed by atoms with Crippen molar-refractivity contribution in [2.75, 3.05) is 0 Å². The van der Waals surface area contributed by atoms with E-state index in [-0.39, 0.29) is 18.2 Å². The van der Waals surface area contributed by atoms with Crippen LogP contribution in [0.5, 0.6) is 0 Å². The largest absolute Gasteiger partial charge is 0.393 e. The van der Waals surface area contributed by atoms with E-state index in [1.54, 1.807) is 11.3 Å². The fourth-order valence-electron chi connectivity index (χ4n) is 2.82. The predicted octanol–water partition coefficient (Wildman–Crippen LogP) is 3.00. The Morgan fingerprint density at radius 3 is 3.00 bits per heavy atom. The molecular weight excluding hydrogens is 284 g/mol. The molecule has 0 saturated heterocycles. The van der Waals surface area contributed by atoms with E-state index in [2.05, 4.69) is 28.8 Å². The van der Waals surface area contributed by atoms with Crippen LogP contribution >= 0.6 is 11.3 Å². The third-order valence-electron chi connectivity index (χ3n) is 3.88. The van der Waals surface area contributed by atoms with Gasteiger partial charge in [0.25, 0.3) is 0 Å². The maximum absolute atomic E-state index is 11.9. The van der Waals surface area contributed by atoms with Gasteiger partial charge >= 0.3 is 6.03 Å². The van der Waals surface area contributed by atoms with Gasteiger partial charge in [0, 0.05) is 15.6 Å². The van der Waals surface area contributed by atoms with Crippen molar-refractivity contribution in [1.82, 2.24) is 10.6 Å². The molecule has 1 aliphatic rings. The van der Waals surface area contributed by atoms with Crippen molar-refractivity contribution in [3.05, 3.63) is 35.2 Å². The number of nitrogens with one attached hydrogen (secondary N) is 2. The highest BCUT2D eigenvalue weighted by Gasteiger charge is 2.21. The van der Waals surface area contributed by atoms with Gasteiger partial charge in [-0.25, -0.2) is 4.79 Å². The fraction of sp³-hybridized carbons (Fsp3) is 0.438. The van der Waals surface area contributed by atoms with E-state index in [1.807, 2.05) is 12.1 Å². The molecule has 1 fully saturated rings. The molecule has 1 saturated carbocycles.